The molecule has 3 nitrogen and oxygen atoms in total. The van der Waals surface area contributed by atoms with E-state index in [0.29, 0.717) is 11.4 Å². The molecule has 3 heteroatoms. The molecular weight excluding hydrogens is 248 g/mol. The van der Waals surface area contributed by atoms with Crippen LogP contribution < -0.4 is 0 Å². The molecule has 0 spiro atoms. The number of hydrogen-bond donors (Lipinski definition) is 0. The zero-order valence-corrected chi connectivity index (χ0v) is 11.8. The van der Waals surface area contributed by atoms with Crippen molar-refractivity contribution in [3.8, 4) is 0 Å². The molecule has 0 saturated heterocycles. The minimum Gasteiger partial charge on any atom is -0.296 e. The summed E-state index contributed by atoms with van der Waals surface area (Å²) in [7, 11) is 0. The average molecular weight is 266 g/mol. The van der Waals surface area contributed by atoms with E-state index in [1.54, 1.807) is 12.3 Å². The minimum atomic E-state index is 0.424. The van der Waals surface area contributed by atoms with Gasteiger partial charge in [-0.3, -0.25) is 9.79 Å². The van der Waals surface area contributed by atoms with Crippen molar-refractivity contribution in [2.75, 3.05) is 0 Å². The quantitative estimate of drug-likeness (QED) is 0.610. The first kappa shape index (κ1) is 14.1. The van der Waals surface area contributed by atoms with Crippen LogP contribution in [0.5, 0.6) is 0 Å². The van der Waals surface area contributed by atoms with Gasteiger partial charge in [0.15, 0.2) is 6.29 Å². The van der Waals surface area contributed by atoms with Gasteiger partial charge in [-0.15, -0.1) is 0 Å². The van der Waals surface area contributed by atoms with Crippen LogP contribution in [0.15, 0.2) is 41.4 Å². The minimum absolute atomic E-state index is 0.424. The second-order valence-electron chi connectivity index (χ2n) is 4.50. The van der Waals surface area contributed by atoms with Crippen molar-refractivity contribution in [1.29, 1.82) is 0 Å². The number of aldehydes is 1. The lowest BCUT2D eigenvalue weighted by molar-refractivity contribution is 0.111. The first-order valence-electron chi connectivity index (χ1n) is 6.85. The number of aliphatic imine (C=N–C) groups is 1. The molecule has 2 aromatic rings. The second-order valence-corrected chi connectivity index (χ2v) is 4.50. The topological polar surface area (TPSA) is 42.3 Å². The molecule has 0 unspecified atom stereocenters. The van der Waals surface area contributed by atoms with Gasteiger partial charge in [-0.25, -0.2) is 4.98 Å². The average Bonchev–Trinajstić information content (AvgIpc) is 2.52. The van der Waals surface area contributed by atoms with E-state index in [2.05, 4.69) is 42.0 Å². The summed E-state index contributed by atoms with van der Waals surface area (Å²) in [5, 5.41) is 0. The molecule has 0 saturated carbocycles. The zero-order chi connectivity index (χ0) is 14.4. The van der Waals surface area contributed by atoms with E-state index < -0.39 is 0 Å². The predicted molar refractivity (Wildman–Crippen MR) is 82.1 cm³/mol. The Kier molecular flexibility index (Phi) is 4.77. The van der Waals surface area contributed by atoms with Crippen molar-refractivity contribution >= 4 is 18.2 Å². The van der Waals surface area contributed by atoms with Crippen LogP contribution in [-0.4, -0.2) is 17.5 Å². The Morgan fingerprint density at radius 3 is 2.20 bits per heavy atom. The van der Waals surface area contributed by atoms with E-state index in [-0.39, 0.29) is 0 Å². The monoisotopic (exact) mass is 266 g/mol. The Hall–Kier alpha value is -2.29. The Labute approximate surface area is 119 Å². The maximum atomic E-state index is 10.7. The lowest BCUT2D eigenvalue weighted by Gasteiger charge is -2.08. The van der Waals surface area contributed by atoms with Gasteiger partial charge in [0.25, 0.3) is 0 Å². The number of carbonyl (C=O) groups excluding carboxylic acids is 1. The highest BCUT2D eigenvalue weighted by molar-refractivity contribution is 5.82. The lowest BCUT2D eigenvalue weighted by Crippen LogP contribution is -1.93. The fourth-order valence-corrected chi connectivity index (χ4v) is 2.12. The van der Waals surface area contributed by atoms with Gasteiger partial charge in [0.05, 0.1) is 17.6 Å². The van der Waals surface area contributed by atoms with E-state index in [1.165, 1.54) is 11.1 Å². The predicted octanol–water partition coefficient (Wildman–Crippen LogP) is 3.77. The summed E-state index contributed by atoms with van der Waals surface area (Å²) in [6.45, 7) is 4.25. The van der Waals surface area contributed by atoms with E-state index >= 15 is 0 Å². The third-order valence-electron chi connectivity index (χ3n) is 3.20. The number of benzene rings is 1. The molecule has 20 heavy (non-hydrogen) atoms. The van der Waals surface area contributed by atoms with E-state index in [4.69, 9.17) is 0 Å². The van der Waals surface area contributed by atoms with Gasteiger partial charge < -0.3 is 0 Å². The van der Waals surface area contributed by atoms with Gasteiger partial charge in [-0.1, -0.05) is 38.1 Å². The standard InChI is InChI=1S/C17H18N2O/c1-3-13-7-5-8-14(4-2)17(13)18-11-15-9-6-10-16(12-20)19-15/h5-12H,3-4H2,1-2H3/b18-11+. The molecular formula is C17H18N2O. The van der Waals surface area contributed by atoms with Crippen LogP contribution in [0.1, 0.15) is 41.2 Å². The first-order valence-corrected chi connectivity index (χ1v) is 6.85. The number of aromatic nitrogens is 1. The third-order valence-corrected chi connectivity index (χ3v) is 3.20. The molecule has 0 aliphatic rings. The SMILES string of the molecule is CCc1cccc(CC)c1/N=C/c1cccc(C=O)n1. The number of nitrogens with zero attached hydrogens (tertiary/aromatic N) is 2. The van der Waals surface area contributed by atoms with Crippen molar-refractivity contribution in [2.24, 2.45) is 4.99 Å². The van der Waals surface area contributed by atoms with Crippen molar-refractivity contribution in [3.05, 3.63) is 58.9 Å². The van der Waals surface area contributed by atoms with Gasteiger partial charge in [-0.2, -0.15) is 0 Å². The summed E-state index contributed by atoms with van der Waals surface area (Å²) in [5.41, 5.74) is 4.60. The molecule has 0 aliphatic heterocycles. The highest BCUT2D eigenvalue weighted by Gasteiger charge is 2.04. The summed E-state index contributed by atoms with van der Waals surface area (Å²) in [6, 6.07) is 11.6. The maximum Gasteiger partial charge on any atom is 0.168 e. The van der Waals surface area contributed by atoms with E-state index in [1.807, 2.05) is 12.1 Å². The van der Waals surface area contributed by atoms with Crippen LogP contribution >= 0.6 is 0 Å². The molecule has 0 radical (unpaired) electrons. The molecule has 1 heterocycles. The fourth-order valence-electron chi connectivity index (χ4n) is 2.12. The zero-order valence-electron chi connectivity index (χ0n) is 11.8. The summed E-state index contributed by atoms with van der Waals surface area (Å²) in [6.07, 6.45) is 4.36. The molecule has 0 atom stereocenters. The number of aryl methyl sites for hydroxylation is 2. The number of hydrogen-bond acceptors (Lipinski definition) is 3. The normalized spacial score (nSPS) is 10.9. The number of para-hydroxylation sites is 1. The van der Waals surface area contributed by atoms with E-state index in [0.717, 1.165) is 24.8 Å². The third kappa shape index (κ3) is 3.18. The molecule has 0 aliphatic carbocycles. The summed E-state index contributed by atoms with van der Waals surface area (Å²) >= 11 is 0. The molecule has 0 bridgehead atoms. The van der Waals surface area contributed by atoms with E-state index in [9.17, 15) is 4.79 Å². The van der Waals surface area contributed by atoms with Gasteiger partial charge >= 0.3 is 0 Å². The highest BCUT2D eigenvalue weighted by Crippen LogP contribution is 2.25. The largest absolute Gasteiger partial charge is 0.296 e. The summed E-state index contributed by atoms with van der Waals surface area (Å²) in [5.74, 6) is 0. The first-order chi connectivity index (χ1) is 9.78. The van der Waals surface area contributed by atoms with Crippen LogP contribution in [0.2, 0.25) is 0 Å². The van der Waals surface area contributed by atoms with Gasteiger partial charge in [0.2, 0.25) is 0 Å². The highest BCUT2D eigenvalue weighted by atomic mass is 16.1. The maximum absolute atomic E-state index is 10.7. The number of carbonyl (C=O) groups is 1. The van der Waals surface area contributed by atoms with Gasteiger partial charge in [0, 0.05) is 0 Å². The molecule has 102 valence electrons. The lowest BCUT2D eigenvalue weighted by atomic mass is 10.0. The van der Waals surface area contributed by atoms with Crippen molar-refractivity contribution in [3.63, 3.8) is 0 Å². The van der Waals surface area contributed by atoms with Crippen LogP contribution in [0, 0.1) is 0 Å². The van der Waals surface area contributed by atoms with Crippen molar-refractivity contribution in [2.45, 2.75) is 26.7 Å². The summed E-state index contributed by atoms with van der Waals surface area (Å²) < 4.78 is 0. The van der Waals surface area contributed by atoms with Crippen molar-refractivity contribution in [1.82, 2.24) is 4.98 Å². The van der Waals surface area contributed by atoms with Gasteiger partial charge in [-0.05, 0) is 36.1 Å². The van der Waals surface area contributed by atoms with Crippen molar-refractivity contribution < 1.29 is 4.79 Å². The molecule has 0 fully saturated rings. The smallest absolute Gasteiger partial charge is 0.168 e. The Morgan fingerprint density at radius 1 is 1.00 bits per heavy atom. The molecule has 0 N–H and O–H groups in total. The molecule has 2 rings (SSSR count). The van der Waals surface area contributed by atoms with Crippen LogP contribution in [0.25, 0.3) is 0 Å². The Bertz CT molecular complexity index is 610. The van der Waals surface area contributed by atoms with Crippen LogP contribution in [0.4, 0.5) is 5.69 Å². The van der Waals surface area contributed by atoms with Crippen LogP contribution in [-0.2, 0) is 12.8 Å². The van der Waals surface area contributed by atoms with Crippen LogP contribution in [0.3, 0.4) is 0 Å². The second kappa shape index (κ2) is 6.75. The molecule has 1 aromatic heterocycles. The Morgan fingerprint density at radius 2 is 1.60 bits per heavy atom. The van der Waals surface area contributed by atoms with Gasteiger partial charge in [0.1, 0.15) is 5.69 Å². The molecule has 1 aromatic carbocycles. The number of rotatable bonds is 5. The fraction of sp³-hybridized carbons (Fsp3) is 0.235. The summed E-state index contributed by atoms with van der Waals surface area (Å²) in [4.78, 5) is 19.5. The number of pyridine rings is 1. The molecule has 0 amide bonds. The Balaban J connectivity index is 2.37.